The number of aryl methyl sites for hydroxylation is 3. The molecule has 2 aliphatic rings. The number of urea groups is 1. The van der Waals surface area contributed by atoms with Crippen LogP contribution in [-0.4, -0.2) is 34.7 Å². The van der Waals surface area contributed by atoms with Crippen molar-refractivity contribution in [1.82, 2.24) is 15.6 Å². The van der Waals surface area contributed by atoms with Crippen molar-refractivity contribution in [3.8, 4) is 0 Å². The van der Waals surface area contributed by atoms with Crippen LogP contribution in [0.3, 0.4) is 0 Å². The molecule has 0 spiro atoms. The van der Waals surface area contributed by atoms with Gasteiger partial charge in [0.2, 0.25) is 0 Å². The number of carboxylic acid groups (broad SMARTS) is 1. The fraction of sp³-hybridized carbons (Fsp3) is 0.722. The van der Waals surface area contributed by atoms with E-state index in [2.05, 4.69) is 10.6 Å². The number of rotatable bonds is 6. The molecule has 3 rings (SSSR count). The summed E-state index contributed by atoms with van der Waals surface area (Å²) in [6, 6.07) is -0.0431. The molecule has 7 heteroatoms. The fourth-order valence-electron chi connectivity index (χ4n) is 3.68. The number of nitrogens with zero attached hydrogens (tertiary/aromatic N) is 1. The van der Waals surface area contributed by atoms with Crippen LogP contribution in [0.25, 0.3) is 0 Å². The molecule has 3 N–H and O–H groups in total. The lowest BCUT2D eigenvalue weighted by Crippen LogP contribution is -2.44. The third kappa shape index (κ3) is 5.17. The first kappa shape index (κ1) is 18.2. The summed E-state index contributed by atoms with van der Waals surface area (Å²) < 4.78 is 0. The monoisotopic (exact) mass is 365 g/mol. The molecule has 1 fully saturated rings. The van der Waals surface area contributed by atoms with Gasteiger partial charge < -0.3 is 15.7 Å². The molecule has 2 aliphatic carbocycles. The number of aliphatic carboxylic acids is 1. The van der Waals surface area contributed by atoms with Gasteiger partial charge in [0, 0.05) is 23.9 Å². The molecular formula is C18H27N3O3S. The van der Waals surface area contributed by atoms with Crippen molar-refractivity contribution >= 4 is 23.3 Å². The van der Waals surface area contributed by atoms with Crippen LogP contribution in [0.5, 0.6) is 0 Å². The van der Waals surface area contributed by atoms with Crippen molar-refractivity contribution in [2.45, 2.75) is 70.3 Å². The summed E-state index contributed by atoms with van der Waals surface area (Å²) >= 11 is 1.84. The van der Waals surface area contributed by atoms with Crippen LogP contribution in [0.2, 0.25) is 0 Å². The number of nitrogens with one attached hydrogen (secondary N) is 2. The molecule has 25 heavy (non-hydrogen) atoms. The number of aromatic nitrogens is 1. The predicted octanol–water partition coefficient (Wildman–Crippen LogP) is 2.90. The second-order valence-corrected chi connectivity index (χ2v) is 8.24. The van der Waals surface area contributed by atoms with E-state index in [1.165, 1.54) is 34.8 Å². The maximum absolute atomic E-state index is 11.9. The van der Waals surface area contributed by atoms with Gasteiger partial charge in [0.05, 0.1) is 16.6 Å². The fourth-order valence-corrected chi connectivity index (χ4v) is 4.87. The number of fused-ring (bicyclic) bond motifs is 1. The van der Waals surface area contributed by atoms with Crippen LogP contribution < -0.4 is 10.6 Å². The van der Waals surface area contributed by atoms with E-state index >= 15 is 0 Å². The second-order valence-electron chi connectivity index (χ2n) is 7.08. The van der Waals surface area contributed by atoms with Crippen molar-refractivity contribution in [2.24, 2.45) is 5.92 Å². The zero-order chi connectivity index (χ0) is 17.6. The Bertz CT molecular complexity index is 585. The Morgan fingerprint density at radius 3 is 2.64 bits per heavy atom. The minimum Gasteiger partial charge on any atom is -0.481 e. The Labute approximate surface area is 152 Å². The maximum Gasteiger partial charge on any atom is 0.315 e. The zero-order valence-electron chi connectivity index (χ0n) is 14.6. The van der Waals surface area contributed by atoms with Crippen molar-refractivity contribution in [3.05, 3.63) is 15.6 Å². The van der Waals surface area contributed by atoms with Gasteiger partial charge in [-0.3, -0.25) is 4.79 Å². The number of carboxylic acids is 1. The summed E-state index contributed by atoms with van der Waals surface area (Å²) in [5.41, 5.74) is 1.30. The molecule has 0 aliphatic heterocycles. The molecular weight excluding hydrogens is 338 g/mol. The summed E-state index contributed by atoms with van der Waals surface area (Å²) in [6.07, 6.45) is 9.44. The zero-order valence-corrected chi connectivity index (χ0v) is 15.4. The Morgan fingerprint density at radius 1 is 1.16 bits per heavy atom. The third-order valence-electron chi connectivity index (χ3n) is 5.15. The highest BCUT2D eigenvalue weighted by atomic mass is 32.1. The maximum atomic E-state index is 11.9. The Hall–Kier alpha value is -1.63. The normalized spacial score (nSPS) is 22.9. The van der Waals surface area contributed by atoms with Crippen LogP contribution >= 0.6 is 11.3 Å². The van der Waals surface area contributed by atoms with E-state index in [0.29, 0.717) is 19.4 Å². The Morgan fingerprint density at radius 2 is 1.92 bits per heavy atom. The first-order valence-corrected chi connectivity index (χ1v) is 10.2. The minimum atomic E-state index is -0.716. The Balaban J connectivity index is 1.30. The largest absolute Gasteiger partial charge is 0.481 e. The summed E-state index contributed by atoms with van der Waals surface area (Å²) in [5, 5.41) is 16.1. The topological polar surface area (TPSA) is 91.3 Å². The summed E-state index contributed by atoms with van der Waals surface area (Å²) in [4.78, 5) is 29.1. The third-order valence-corrected chi connectivity index (χ3v) is 6.37. The number of carbonyl (C=O) groups excluding carboxylic acids is 1. The average Bonchev–Trinajstić information content (AvgIpc) is 3.02. The van der Waals surface area contributed by atoms with E-state index < -0.39 is 5.97 Å². The highest BCUT2D eigenvalue weighted by molar-refractivity contribution is 7.11. The molecule has 0 bridgehead atoms. The molecule has 138 valence electrons. The molecule has 0 aromatic carbocycles. The standard InChI is InChI=1S/C18H27N3O3S/c22-17(23)12-7-9-13(10-8-12)20-18(24)19-11-3-6-16-21-14-4-1-2-5-15(14)25-16/h12-13H,1-11H2,(H,22,23)(H2,19,20,24). The lowest BCUT2D eigenvalue weighted by molar-refractivity contribution is -0.142. The molecule has 1 saturated carbocycles. The van der Waals surface area contributed by atoms with E-state index in [9.17, 15) is 9.59 Å². The van der Waals surface area contributed by atoms with E-state index in [1.807, 2.05) is 11.3 Å². The molecule has 0 saturated heterocycles. The van der Waals surface area contributed by atoms with Crippen LogP contribution in [0.1, 0.15) is 60.5 Å². The van der Waals surface area contributed by atoms with Gasteiger partial charge in [-0.25, -0.2) is 9.78 Å². The van der Waals surface area contributed by atoms with E-state index in [0.717, 1.165) is 32.1 Å². The second kappa shape index (κ2) is 8.65. The molecule has 1 aromatic rings. The van der Waals surface area contributed by atoms with Gasteiger partial charge in [-0.05, 0) is 57.8 Å². The van der Waals surface area contributed by atoms with Gasteiger partial charge >= 0.3 is 12.0 Å². The van der Waals surface area contributed by atoms with Crippen molar-refractivity contribution in [1.29, 1.82) is 0 Å². The summed E-state index contributed by atoms with van der Waals surface area (Å²) in [5.74, 6) is -0.961. The SMILES string of the molecule is O=C(NCCCc1nc2c(s1)CCCC2)NC1CCC(C(=O)O)CC1. The van der Waals surface area contributed by atoms with Crippen molar-refractivity contribution < 1.29 is 14.7 Å². The summed E-state index contributed by atoms with van der Waals surface area (Å²) in [7, 11) is 0. The van der Waals surface area contributed by atoms with Crippen LogP contribution in [0, 0.1) is 5.92 Å². The average molecular weight is 365 g/mol. The number of thiazole rings is 1. The van der Waals surface area contributed by atoms with E-state index in [-0.39, 0.29) is 18.0 Å². The number of carbonyl (C=O) groups is 2. The highest BCUT2D eigenvalue weighted by Crippen LogP contribution is 2.27. The number of amides is 2. The molecule has 0 unspecified atom stereocenters. The molecule has 1 heterocycles. The van der Waals surface area contributed by atoms with Gasteiger partial charge in [-0.15, -0.1) is 11.3 Å². The smallest absolute Gasteiger partial charge is 0.315 e. The number of hydrogen-bond donors (Lipinski definition) is 3. The van der Waals surface area contributed by atoms with Gasteiger partial charge in [0.25, 0.3) is 0 Å². The molecule has 6 nitrogen and oxygen atoms in total. The van der Waals surface area contributed by atoms with Gasteiger partial charge in [0.15, 0.2) is 0 Å². The molecule has 0 radical (unpaired) electrons. The lowest BCUT2D eigenvalue weighted by Gasteiger charge is -2.26. The van der Waals surface area contributed by atoms with Crippen LogP contribution in [0.4, 0.5) is 4.79 Å². The molecule has 1 aromatic heterocycles. The first-order valence-electron chi connectivity index (χ1n) is 9.36. The van der Waals surface area contributed by atoms with Gasteiger partial charge in [0.1, 0.15) is 0 Å². The minimum absolute atomic E-state index is 0.0984. The molecule has 0 atom stereocenters. The van der Waals surface area contributed by atoms with E-state index in [1.54, 1.807) is 0 Å². The molecule has 2 amide bonds. The predicted molar refractivity (Wildman–Crippen MR) is 97.0 cm³/mol. The van der Waals surface area contributed by atoms with Gasteiger partial charge in [-0.2, -0.15) is 0 Å². The van der Waals surface area contributed by atoms with Crippen molar-refractivity contribution in [2.75, 3.05) is 6.54 Å². The lowest BCUT2D eigenvalue weighted by atomic mass is 9.86. The van der Waals surface area contributed by atoms with Crippen LogP contribution in [-0.2, 0) is 24.1 Å². The quantitative estimate of drug-likeness (QED) is 0.676. The first-order chi connectivity index (χ1) is 12.1. The van der Waals surface area contributed by atoms with Crippen molar-refractivity contribution in [3.63, 3.8) is 0 Å². The van der Waals surface area contributed by atoms with E-state index in [4.69, 9.17) is 10.1 Å². The summed E-state index contributed by atoms with van der Waals surface area (Å²) in [6.45, 7) is 0.639. The number of hydrogen-bond acceptors (Lipinski definition) is 4. The Kier molecular flexibility index (Phi) is 6.29. The van der Waals surface area contributed by atoms with Gasteiger partial charge in [-0.1, -0.05) is 0 Å². The highest BCUT2D eigenvalue weighted by Gasteiger charge is 2.26. The van der Waals surface area contributed by atoms with Crippen LogP contribution in [0.15, 0.2) is 0 Å².